The van der Waals surface area contributed by atoms with Crippen molar-refractivity contribution in [1.29, 1.82) is 0 Å². The fraction of sp³-hybridized carbons (Fsp3) is 0.929. The maximum Gasteiger partial charge on any atom is 0.236 e. The molecule has 0 bridgehead atoms. The lowest BCUT2D eigenvalue weighted by Gasteiger charge is -2.36. The molecule has 5 nitrogen and oxygen atoms in total. The molecule has 1 atom stereocenters. The summed E-state index contributed by atoms with van der Waals surface area (Å²) in [6.45, 7) is 9.46. The molecular weight excluding hydrogens is 242 g/mol. The summed E-state index contributed by atoms with van der Waals surface area (Å²) in [5, 5.41) is 8.91. The summed E-state index contributed by atoms with van der Waals surface area (Å²) in [7, 11) is 0. The number of aliphatic hydroxyl groups is 1. The number of carbonyl (C=O) groups is 1. The quantitative estimate of drug-likeness (QED) is 0.771. The fourth-order valence-corrected chi connectivity index (χ4v) is 3.02. The predicted octanol–water partition coefficient (Wildman–Crippen LogP) is -0.145. The Labute approximate surface area is 116 Å². The Morgan fingerprint density at radius 1 is 1.16 bits per heavy atom. The van der Waals surface area contributed by atoms with Gasteiger partial charge in [0.15, 0.2) is 0 Å². The van der Waals surface area contributed by atoms with Gasteiger partial charge < -0.3 is 10.0 Å². The molecule has 0 aromatic rings. The van der Waals surface area contributed by atoms with Gasteiger partial charge in [-0.3, -0.25) is 14.6 Å². The van der Waals surface area contributed by atoms with Gasteiger partial charge in [0.25, 0.3) is 0 Å². The van der Waals surface area contributed by atoms with Crippen molar-refractivity contribution in [1.82, 2.24) is 14.7 Å². The zero-order chi connectivity index (χ0) is 13.7. The summed E-state index contributed by atoms with van der Waals surface area (Å²) in [5.41, 5.74) is 0. The van der Waals surface area contributed by atoms with Crippen LogP contribution < -0.4 is 0 Å². The molecule has 1 unspecified atom stereocenters. The Bertz CT molecular complexity index is 290. The van der Waals surface area contributed by atoms with Crippen LogP contribution in [0.25, 0.3) is 0 Å². The number of hydrogen-bond donors (Lipinski definition) is 1. The first-order valence-corrected chi connectivity index (χ1v) is 7.52. The largest absolute Gasteiger partial charge is 0.395 e. The second-order valence-electron chi connectivity index (χ2n) is 5.93. The summed E-state index contributed by atoms with van der Waals surface area (Å²) in [5.74, 6) is 0.946. The topological polar surface area (TPSA) is 47.0 Å². The van der Waals surface area contributed by atoms with Crippen LogP contribution in [0.5, 0.6) is 0 Å². The van der Waals surface area contributed by atoms with Gasteiger partial charge in [-0.1, -0.05) is 6.92 Å². The van der Waals surface area contributed by atoms with E-state index in [1.54, 1.807) is 0 Å². The van der Waals surface area contributed by atoms with Gasteiger partial charge in [0.2, 0.25) is 5.91 Å². The van der Waals surface area contributed by atoms with Gasteiger partial charge >= 0.3 is 0 Å². The van der Waals surface area contributed by atoms with Crippen molar-refractivity contribution in [3.63, 3.8) is 0 Å². The van der Waals surface area contributed by atoms with Crippen LogP contribution in [0.4, 0.5) is 0 Å². The van der Waals surface area contributed by atoms with E-state index >= 15 is 0 Å². The third-order valence-electron chi connectivity index (χ3n) is 4.25. The second kappa shape index (κ2) is 7.22. The van der Waals surface area contributed by atoms with Crippen LogP contribution in [0.1, 0.15) is 19.8 Å². The summed E-state index contributed by atoms with van der Waals surface area (Å²) in [4.78, 5) is 18.8. The second-order valence-corrected chi connectivity index (χ2v) is 5.93. The normalized spacial score (nSPS) is 26.6. The summed E-state index contributed by atoms with van der Waals surface area (Å²) in [6, 6.07) is 0. The monoisotopic (exact) mass is 269 g/mol. The summed E-state index contributed by atoms with van der Waals surface area (Å²) < 4.78 is 0. The number of nitrogens with zero attached hydrogens (tertiary/aromatic N) is 3. The SMILES string of the molecule is CC1CCCN(C(=O)CN2CCN(CCO)CC2)C1. The molecule has 2 heterocycles. The molecule has 2 rings (SSSR count). The van der Waals surface area contributed by atoms with Gasteiger partial charge in [-0.05, 0) is 18.8 Å². The highest BCUT2D eigenvalue weighted by Gasteiger charge is 2.24. The zero-order valence-electron chi connectivity index (χ0n) is 12.1. The van der Waals surface area contributed by atoms with Crippen molar-refractivity contribution in [3.8, 4) is 0 Å². The molecule has 2 aliphatic heterocycles. The van der Waals surface area contributed by atoms with Gasteiger partial charge in [-0.15, -0.1) is 0 Å². The zero-order valence-corrected chi connectivity index (χ0v) is 12.1. The predicted molar refractivity (Wildman–Crippen MR) is 74.9 cm³/mol. The average molecular weight is 269 g/mol. The molecule has 19 heavy (non-hydrogen) atoms. The number of rotatable bonds is 4. The number of amides is 1. The Balaban J connectivity index is 1.71. The Hall–Kier alpha value is -0.650. The first-order valence-electron chi connectivity index (χ1n) is 7.52. The number of carbonyl (C=O) groups excluding carboxylic acids is 1. The third kappa shape index (κ3) is 4.44. The molecule has 0 aromatic heterocycles. The fourth-order valence-electron chi connectivity index (χ4n) is 3.02. The number of β-amino-alcohol motifs (C(OH)–C–C–N with tert-alkyl or cyclic N) is 1. The van der Waals surface area contributed by atoms with E-state index in [9.17, 15) is 4.79 Å². The van der Waals surface area contributed by atoms with E-state index in [1.165, 1.54) is 6.42 Å². The lowest BCUT2D eigenvalue weighted by Crippen LogP contribution is -2.51. The summed E-state index contributed by atoms with van der Waals surface area (Å²) in [6.07, 6.45) is 2.40. The minimum absolute atomic E-state index is 0.227. The van der Waals surface area contributed by atoms with Crippen LogP contribution in [-0.4, -0.2) is 84.7 Å². The van der Waals surface area contributed by atoms with Crippen LogP contribution in [-0.2, 0) is 4.79 Å². The van der Waals surface area contributed by atoms with E-state index in [4.69, 9.17) is 5.11 Å². The van der Waals surface area contributed by atoms with Crippen LogP contribution >= 0.6 is 0 Å². The molecule has 0 saturated carbocycles. The minimum atomic E-state index is 0.227. The lowest BCUT2D eigenvalue weighted by atomic mass is 10.0. The molecule has 0 aromatic carbocycles. The van der Waals surface area contributed by atoms with Crippen LogP contribution in [0.15, 0.2) is 0 Å². The van der Waals surface area contributed by atoms with Crippen molar-refractivity contribution in [2.24, 2.45) is 5.92 Å². The molecule has 0 radical (unpaired) electrons. The van der Waals surface area contributed by atoms with Gasteiger partial charge in [0, 0.05) is 45.8 Å². The van der Waals surface area contributed by atoms with E-state index < -0.39 is 0 Å². The van der Waals surface area contributed by atoms with Crippen molar-refractivity contribution >= 4 is 5.91 Å². The molecule has 1 N–H and O–H groups in total. The molecule has 110 valence electrons. The van der Waals surface area contributed by atoms with E-state index in [0.717, 1.165) is 52.2 Å². The number of piperidine rings is 1. The Morgan fingerprint density at radius 2 is 1.84 bits per heavy atom. The van der Waals surface area contributed by atoms with E-state index in [-0.39, 0.29) is 6.61 Å². The smallest absolute Gasteiger partial charge is 0.236 e. The van der Waals surface area contributed by atoms with Crippen molar-refractivity contribution < 1.29 is 9.90 Å². The first kappa shape index (κ1) is 14.8. The number of piperazine rings is 1. The maximum absolute atomic E-state index is 12.2. The average Bonchev–Trinajstić information content (AvgIpc) is 2.41. The molecule has 2 saturated heterocycles. The van der Waals surface area contributed by atoms with E-state index in [0.29, 0.717) is 18.4 Å². The molecule has 2 fully saturated rings. The lowest BCUT2D eigenvalue weighted by molar-refractivity contribution is -0.134. The Morgan fingerprint density at radius 3 is 2.47 bits per heavy atom. The number of hydrogen-bond acceptors (Lipinski definition) is 4. The highest BCUT2D eigenvalue weighted by Crippen LogP contribution is 2.15. The summed E-state index contributed by atoms with van der Waals surface area (Å²) >= 11 is 0. The van der Waals surface area contributed by atoms with Gasteiger partial charge in [0.1, 0.15) is 0 Å². The van der Waals surface area contributed by atoms with Crippen molar-refractivity contribution in [2.45, 2.75) is 19.8 Å². The molecule has 2 aliphatic rings. The molecular formula is C14H27N3O2. The molecule has 0 aliphatic carbocycles. The number of aliphatic hydroxyl groups excluding tert-OH is 1. The van der Waals surface area contributed by atoms with Gasteiger partial charge in [0.05, 0.1) is 13.2 Å². The van der Waals surface area contributed by atoms with E-state index in [1.807, 2.05) is 4.90 Å². The molecule has 0 spiro atoms. The first-order chi connectivity index (χ1) is 9.19. The van der Waals surface area contributed by atoms with Crippen LogP contribution in [0.3, 0.4) is 0 Å². The molecule has 1 amide bonds. The van der Waals surface area contributed by atoms with E-state index in [2.05, 4.69) is 16.7 Å². The van der Waals surface area contributed by atoms with Gasteiger partial charge in [-0.25, -0.2) is 0 Å². The minimum Gasteiger partial charge on any atom is -0.395 e. The standard InChI is InChI=1S/C14H27N3O2/c1-13-3-2-4-17(11-13)14(19)12-16-7-5-15(6-8-16)9-10-18/h13,18H,2-12H2,1H3. The van der Waals surface area contributed by atoms with Crippen LogP contribution in [0, 0.1) is 5.92 Å². The van der Waals surface area contributed by atoms with Gasteiger partial charge in [-0.2, -0.15) is 0 Å². The highest BCUT2D eigenvalue weighted by atomic mass is 16.3. The molecule has 5 heteroatoms. The van der Waals surface area contributed by atoms with Crippen LogP contribution in [0.2, 0.25) is 0 Å². The Kier molecular flexibility index (Phi) is 5.60. The van der Waals surface area contributed by atoms with Crippen molar-refractivity contribution in [2.75, 3.05) is 59.0 Å². The number of likely N-dealkylation sites (tertiary alicyclic amines) is 1. The highest BCUT2D eigenvalue weighted by molar-refractivity contribution is 5.78. The third-order valence-corrected chi connectivity index (χ3v) is 4.25. The maximum atomic E-state index is 12.2. The van der Waals surface area contributed by atoms with Crippen molar-refractivity contribution in [3.05, 3.63) is 0 Å².